The Balaban J connectivity index is 2.25. The van der Waals surface area contributed by atoms with Crippen LogP contribution in [-0.2, 0) is 5.60 Å². The molecule has 0 amide bonds. The predicted molar refractivity (Wildman–Crippen MR) is 88.4 cm³/mol. The van der Waals surface area contributed by atoms with Gasteiger partial charge in [-0.05, 0) is 28.8 Å². The highest BCUT2D eigenvalue weighted by molar-refractivity contribution is 5.87. The molecule has 3 rings (SSSR count). The zero-order valence-electron chi connectivity index (χ0n) is 12.4. The van der Waals surface area contributed by atoms with Crippen molar-refractivity contribution in [1.29, 1.82) is 0 Å². The van der Waals surface area contributed by atoms with Gasteiger partial charge in [0, 0.05) is 0 Å². The van der Waals surface area contributed by atoms with Crippen LogP contribution < -0.4 is 0 Å². The van der Waals surface area contributed by atoms with E-state index in [1.54, 1.807) is 12.1 Å². The third-order valence-electron chi connectivity index (χ3n) is 3.91. The zero-order valence-corrected chi connectivity index (χ0v) is 12.4. The fourth-order valence-corrected chi connectivity index (χ4v) is 2.74. The normalized spacial score (nSPS) is 11.2. The van der Waals surface area contributed by atoms with E-state index in [1.165, 1.54) is 12.1 Å². The second-order valence-electron chi connectivity index (χ2n) is 5.33. The van der Waals surface area contributed by atoms with Crippen LogP contribution in [0.1, 0.15) is 27.0 Å². The molecule has 2 N–H and O–H groups in total. The monoisotopic (exact) mass is 304 g/mol. The first kappa shape index (κ1) is 15.0. The summed E-state index contributed by atoms with van der Waals surface area (Å²) in [6, 6.07) is 24.9. The molecule has 0 saturated heterocycles. The average molecular weight is 304 g/mol. The molecule has 0 fully saturated rings. The number of carboxylic acid groups (broad SMARTS) is 1. The molecule has 114 valence electrons. The Hall–Kier alpha value is -2.91. The number of rotatable bonds is 4. The summed E-state index contributed by atoms with van der Waals surface area (Å²) in [6.07, 6.45) is 0. The van der Waals surface area contributed by atoms with Gasteiger partial charge < -0.3 is 10.2 Å². The van der Waals surface area contributed by atoms with Crippen molar-refractivity contribution in [2.75, 3.05) is 0 Å². The molecule has 0 aromatic heterocycles. The molecule has 0 bridgehead atoms. The highest BCUT2D eigenvalue weighted by Crippen LogP contribution is 2.36. The minimum absolute atomic E-state index is 0.146. The number of carbonyl (C=O) groups is 1. The van der Waals surface area contributed by atoms with Crippen molar-refractivity contribution in [1.82, 2.24) is 0 Å². The maximum atomic E-state index is 11.5. The summed E-state index contributed by atoms with van der Waals surface area (Å²) in [4.78, 5) is 11.3. The van der Waals surface area contributed by atoms with Gasteiger partial charge in [-0.2, -0.15) is 0 Å². The van der Waals surface area contributed by atoms with Crippen molar-refractivity contribution >= 4 is 5.97 Å². The van der Waals surface area contributed by atoms with Crippen LogP contribution in [-0.4, -0.2) is 16.2 Å². The number of benzene rings is 3. The number of carboxylic acids is 1. The van der Waals surface area contributed by atoms with Crippen molar-refractivity contribution in [3.63, 3.8) is 0 Å². The Kier molecular flexibility index (Phi) is 3.96. The summed E-state index contributed by atoms with van der Waals surface area (Å²) in [6.45, 7) is 0. The summed E-state index contributed by atoms with van der Waals surface area (Å²) in [5.74, 6) is -1.02. The maximum absolute atomic E-state index is 11.5. The van der Waals surface area contributed by atoms with Crippen LogP contribution >= 0.6 is 0 Å². The van der Waals surface area contributed by atoms with Gasteiger partial charge in [0.25, 0.3) is 0 Å². The number of hydrogen-bond donors (Lipinski definition) is 2. The maximum Gasteiger partial charge on any atom is 0.335 e. The molecule has 3 nitrogen and oxygen atoms in total. The molecule has 0 radical (unpaired) electrons. The van der Waals surface area contributed by atoms with E-state index in [-0.39, 0.29) is 5.56 Å². The average Bonchev–Trinajstić information content (AvgIpc) is 2.62. The first-order valence-corrected chi connectivity index (χ1v) is 7.29. The minimum atomic E-state index is -1.41. The van der Waals surface area contributed by atoms with Crippen molar-refractivity contribution in [2.45, 2.75) is 5.60 Å². The van der Waals surface area contributed by atoms with Crippen LogP contribution in [0.5, 0.6) is 0 Å². The zero-order chi connectivity index (χ0) is 16.3. The van der Waals surface area contributed by atoms with E-state index in [0.717, 1.165) is 0 Å². The lowest BCUT2D eigenvalue weighted by Crippen LogP contribution is -2.29. The summed E-state index contributed by atoms with van der Waals surface area (Å²) in [5, 5.41) is 20.8. The van der Waals surface area contributed by atoms with E-state index in [9.17, 15) is 15.0 Å². The fourth-order valence-electron chi connectivity index (χ4n) is 2.74. The van der Waals surface area contributed by atoms with Gasteiger partial charge in [0.1, 0.15) is 5.60 Å². The molecule has 3 aromatic rings. The summed E-state index contributed by atoms with van der Waals surface area (Å²) < 4.78 is 0. The van der Waals surface area contributed by atoms with Crippen molar-refractivity contribution in [3.8, 4) is 0 Å². The molecule has 0 atom stereocenters. The Bertz CT molecular complexity index is 771. The third kappa shape index (κ3) is 2.74. The molecule has 23 heavy (non-hydrogen) atoms. The summed E-state index contributed by atoms with van der Waals surface area (Å²) >= 11 is 0. The number of hydrogen-bond acceptors (Lipinski definition) is 2. The number of aromatic carboxylic acids is 1. The quantitative estimate of drug-likeness (QED) is 0.723. The Labute approximate surface area is 134 Å². The van der Waals surface area contributed by atoms with Crippen LogP contribution in [0.25, 0.3) is 0 Å². The van der Waals surface area contributed by atoms with Crippen LogP contribution in [0.15, 0.2) is 84.9 Å². The highest BCUT2D eigenvalue weighted by atomic mass is 16.4. The molecular weight excluding hydrogens is 288 g/mol. The van der Waals surface area contributed by atoms with E-state index >= 15 is 0 Å². The summed E-state index contributed by atoms with van der Waals surface area (Å²) in [7, 11) is 0. The van der Waals surface area contributed by atoms with E-state index in [0.29, 0.717) is 16.7 Å². The molecule has 3 aromatic carbocycles. The second-order valence-corrected chi connectivity index (χ2v) is 5.33. The van der Waals surface area contributed by atoms with Gasteiger partial charge in [-0.1, -0.05) is 72.8 Å². The van der Waals surface area contributed by atoms with Gasteiger partial charge in [0.15, 0.2) is 0 Å². The van der Waals surface area contributed by atoms with Gasteiger partial charge in [-0.3, -0.25) is 0 Å². The standard InChI is InChI=1S/C20H16O3/c21-19(22)15-8-7-13-18(14-15)20(23,16-9-3-1-4-10-16)17-11-5-2-6-12-17/h1-14,23H,(H,21,22). The molecule has 0 saturated carbocycles. The van der Waals surface area contributed by atoms with E-state index in [4.69, 9.17) is 0 Å². The third-order valence-corrected chi connectivity index (χ3v) is 3.91. The lowest BCUT2D eigenvalue weighted by Gasteiger charge is -2.30. The molecule has 0 aliphatic rings. The Morgan fingerprint density at radius 3 is 1.65 bits per heavy atom. The minimum Gasteiger partial charge on any atom is -0.478 e. The lowest BCUT2D eigenvalue weighted by molar-refractivity contribution is 0.0696. The lowest BCUT2D eigenvalue weighted by atomic mass is 9.80. The van der Waals surface area contributed by atoms with Crippen LogP contribution in [0.4, 0.5) is 0 Å². The van der Waals surface area contributed by atoms with E-state index in [2.05, 4.69) is 0 Å². The van der Waals surface area contributed by atoms with Crippen molar-refractivity contribution in [2.24, 2.45) is 0 Å². The SMILES string of the molecule is O=C(O)c1cccc(C(O)(c2ccccc2)c2ccccc2)c1. The molecule has 0 heterocycles. The van der Waals surface area contributed by atoms with Crippen molar-refractivity contribution < 1.29 is 15.0 Å². The van der Waals surface area contributed by atoms with Gasteiger partial charge >= 0.3 is 5.97 Å². The van der Waals surface area contributed by atoms with E-state index < -0.39 is 11.6 Å². The molecule has 0 unspecified atom stereocenters. The second kappa shape index (κ2) is 6.07. The van der Waals surface area contributed by atoms with Gasteiger partial charge in [0.05, 0.1) is 5.56 Å². The first-order chi connectivity index (χ1) is 11.1. The molecule has 0 aliphatic carbocycles. The smallest absolute Gasteiger partial charge is 0.335 e. The Morgan fingerprint density at radius 2 is 1.17 bits per heavy atom. The molecular formula is C20H16O3. The van der Waals surface area contributed by atoms with E-state index in [1.807, 2.05) is 60.7 Å². The largest absolute Gasteiger partial charge is 0.478 e. The van der Waals surface area contributed by atoms with Gasteiger partial charge in [-0.25, -0.2) is 4.79 Å². The molecule has 0 aliphatic heterocycles. The highest BCUT2D eigenvalue weighted by Gasteiger charge is 2.33. The van der Waals surface area contributed by atoms with Gasteiger partial charge in [-0.15, -0.1) is 0 Å². The van der Waals surface area contributed by atoms with Crippen molar-refractivity contribution in [3.05, 3.63) is 107 Å². The van der Waals surface area contributed by atoms with Crippen LogP contribution in [0.3, 0.4) is 0 Å². The van der Waals surface area contributed by atoms with Crippen LogP contribution in [0, 0.1) is 0 Å². The number of aliphatic hydroxyl groups is 1. The molecule has 0 spiro atoms. The van der Waals surface area contributed by atoms with Gasteiger partial charge in [0.2, 0.25) is 0 Å². The predicted octanol–water partition coefficient (Wildman–Crippen LogP) is 3.67. The molecule has 3 heteroatoms. The summed E-state index contributed by atoms with van der Waals surface area (Å²) in [5.41, 5.74) is 0.638. The topological polar surface area (TPSA) is 57.5 Å². The fraction of sp³-hybridized carbons (Fsp3) is 0.0500. The first-order valence-electron chi connectivity index (χ1n) is 7.29. The van der Waals surface area contributed by atoms with Crippen LogP contribution in [0.2, 0.25) is 0 Å². The Morgan fingerprint density at radius 1 is 0.696 bits per heavy atom.